The Morgan fingerprint density at radius 3 is 2.62 bits per heavy atom. The third kappa shape index (κ3) is 3.07. The van der Waals surface area contributed by atoms with Crippen LogP contribution in [0.4, 0.5) is 5.69 Å². The molecule has 0 saturated carbocycles. The van der Waals surface area contributed by atoms with Gasteiger partial charge in [-0.3, -0.25) is 4.99 Å². The molecule has 1 unspecified atom stereocenters. The maximum Gasteiger partial charge on any atom is 0.193 e. The number of anilines is 1. The number of hydrogen-bond donors (Lipinski definition) is 2. The molecule has 1 atom stereocenters. The van der Waals surface area contributed by atoms with Gasteiger partial charge in [0, 0.05) is 18.2 Å². The molecule has 0 saturated heterocycles. The first-order valence-corrected chi connectivity index (χ1v) is 7.35. The smallest absolute Gasteiger partial charge is 0.193 e. The molecule has 1 aliphatic rings. The fourth-order valence-electron chi connectivity index (χ4n) is 2.97. The molecule has 3 nitrogen and oxygen atoms in total. The first-order chi connectivity index (χ1) is 10.1. The van der Waals surface area contributed by atoms with Crippen molar-refractivity contribution < 1.29 is 0 Å². The summed E-state index contributed by atoms with van der Waals surface area (Å²) in [6, 6.07) is 14.9. The molecule has 2 aromatic carbocycles. The van der Waals surface area contributed by atoms with Crippen LogP contribution in [0.2, 0.25) is 0 Å². The molecule has 3 heteroatoms. The predicted molar refractivity (Wildman–Crippen MR) is 88.9 cm³/mol. The summed E-state index contributed by atoms with van der Waals surface area (Å²) in [6.07, 6.45) is 1.11. The van der Waals surface area contributed by atoms with E-state index in [-0.39, 0.29) is 0 Å². The van der Waals surface area contributed by atoms with Crippen LogP contribution in [0.3, 0.4) is 0 Å². The lowest BCUT2D eigenvalue weighted by Gasteiger charge is -2.28. The third-order valence-corrected chi connectivity index (χ3v) is 3.94. The summed E-state index contributed by atoms with van der Waals surface area (Å²) in [5.74, 6) is 1.00. The van der Waals surface area contributed by atoms with E-state index in [9.17, 15) is 0 Å². The molecule has 0 aromatic heterocycles. The van der Waals surface area contributed by atoms with E-state index in [4.69, 9.17) is 5.73 Å². The highest BCUT2D eigenvalue weighted by Crippen LogP contribution is 2.34. The van der Waals surface area contributed by atoms with Crippen molar-refractivity contribution in [2.75, 3.05) is 11.9 Å². The van der Waals surface area contributed by atoms with Gasteiger partial charge < -0.3 is 11.1 Å². The number of rotatable bonds is 3. The number of benzene rings is 2. The molecule has 0 fully saturated rings. The normalized spacial score (nSPS) is 17.0. The minimum atomic E-state index is 0.490. The van der Waals surface area contributed by atoms with Crippen LogP contribution < -0.4 is 11.1 Å². The Morgan fingerprint density at radius 1 is 1.19 bits per heavy atom. The minimum absolute atomic E-state index is 0.490. The zero-order chi connectivity index (χ0) is 14.8. The number of aliphatic imine (C=N–C) groups is 1. The van der Waals surface area contributed by atoms with Gasteiger partial charge in [-0.25, -0.2) is 0 Å². The van der Waals surface area contributed by atoms with E-state index in [1.807, 2.05) is 0 Å². The van der Waals surface area contributed by atoms with Crippen molar-refractivity contribution in [3.63, 3.8) is 0 Å². The summed E-state index contributed by atoms with van der Waals surface area (Å²) in [7, 11) is 0. The fourth-order valence-corrected chi connectivity index (χ4v) is 2.97. The largest absolute Gasteiger partial charge is 0.370 e. The van der Waals surface area contributed by atoms with Crippen LogP contribution in [0.25, 0.3) is 0 Å². The number of nitrogens with zero attached hydrogens (tertiary/aromatic N) is 1. The first kappa shape index (κ1) is 13.7. The molecule has 0 bridgehead atoms. The summed E-state index contributed by atoms with van der Waals surface area (Å²) in [5.41, 5.74) is 12.3. The molecule has 0 radical (unpaired) electrons. The Morgan fingerprint density at radius 2 is 1.90 bits per heavy atom. The molecule has 3 rings (SSSR count). The van der Waals surface area contributed by atoms with Crippen molar-refractivity contribution in [1.29, 1.82) is 0 Å². The average Bonchev–Trinajstić information content (AvgIpc) is 2.38. The van der Waals surface area contributed by atoms with Crippen LogP contribution in [0, 0.1) is 13.8 Å². The van der Waals surface area contributed by atoms with E-state index in [1.165, 1.54) is 22.3 Å². The zero-order valence-electron chi connectivity index (χ0n) is 12.6. The molecule has 0 amide bonds. The molecule has 108 valence electrons. The van der Waals surface area contributed by atoms with E-state index in [2.05, 4.69) is 66.6 Å². The van der Waals surface area contributed by atoms with Gasteiger partial charge >= 0.3 is 0 Å². The zero-order valence-corrected chi connectivity index (χ0v) is 12.6. The van der Waals surface area contributed by atoms with Crippen LogP contribution in [-0.2, 0) is 6.42 Å². The number of nitrogens with two attached hydrogens (primary N) is 1. The van der Waals surface area contributed by atoms with Crippen molar-refractivity contribution in [1.82, 2.24) is 0 Å². The lowest BCUT2D eigenvalue weighted by Crippen LogP contribution is -2.26. The Balaban J connectivity index is 1.62. The average molecular weight is 279 g/mol. The van der Waals surface area contributed by atoms with E-state index >= 15 is 0 Å². The van der Waals surface area contributed by atoms with Gasteiger partial charge in [0.25, 0.3) is 0 Å². The molecule has 1 aliphatic carbocycles. The maximum atomic E-state index is 5.99. The minimum Gasteiger partial charge on any atom is -0.370 e. The lowest BCUT2D eigenvalue weighted by atomic mass is 9.78. The van der Waals surface area contributed by atoms with Crippen molar-refractivity contribution in [3.8, 4) is 0 Å². The van der Waals surface area contributed by atoms with Gasteiger partial charge in [0.1, 0.15) is 0 Å². The quantitative estimate of drug-likeness (QED) is 0.668. The number of fused-ring (bicyclic) bond motifs is 1. The summed E-state index contributed by atoms with van der Waals surface area (Å²) in [5, 5.41) is 3.18. The molecule has 0 aliphatic heterocycles. The van der Waals surface area contributed by atoms with Crippen molar-refractivity contribution in [3.05, 3.63) is 64.7 Å². The van der Waals surface area contributed by atoms with Gasteiger partial charge in [-0.05, 0) is 54.7 Å². The molecular formula is C18H21N3. The maximum absolute atomic E-state index is 5.99. The summed E-state index contributed by atoms with van der Waals surface area (Å²) in [6.45, 7) is 4.91. The highest BCUT2D eigenvalue weighted by atomic mass is 15.1. The summed E-state index contributed by atoms with van der Waals surface area (Å²) in [4.78, 5) is 4.48. The molecular weight excluding hydrogens is 258 g/mol. The second-order valence-electron chi connectivity index (χ2n) is 5.83. The van der Waals surface area contributed by atoms with Crippen molar-refractivity contribution in [2.45, 2.75) is 26.2 Å². The highest BCUT2D eigenvalue weighted by molar-refractivity contribution is 5.92. The molecule has 3 N–H and O–H groups in total. The first-order valence-electron chi connectivity index (χ1n) is 7.35. The number of hydrogen-bond acceptors (Lipinski definition) is 1. The van der Waals surface area contributed by atoms with E-state index in [0.717, 1.165) is 18.7 Å². The van der Waals surface area contributed by atoms with Crippen LogP contribution in [0.5, 0.6) is 0 Å². The van der Waals surface area contributed by atoms with Crippen LogP contribution in [-0.4, -0.2) is 12.5 Å². The number of aryl methyl sites for hydroxylation is 2. The second kappa shape index (κ2) is 5.60. The number of guanidine groups is 1. The highest BCUT2D eigenvalue weighted by Gasteiger charge is 2.24. The van der Waals surface area contributed by atoms with E-state index in [1.54, 1.807) is 0 Å². The Kier molecular flexibility index (Phi) is 3.65. The van der Waals surface area contributed by atoms with Gasteiger partial charge in [-0.15, -0.1) is 0 Å². The van der Waals surface area contributed by atoms with Crippen LogP contribution in [0.1, 0.15) is 28.2 Å². The van der Waals surface area contributed by atoms with Gasteiger partial charge in [0.15, 0.2) is 5.96 Å². The fraction of sp³-hybridized carbons (Fsp3) is 0.278. The molecule has 21 heavy (non-hydrogen) atoms. The standard InChI is InChI=1S/C18H21N3/c1-12-7-13(2)9-16(8-12)21-18(19)20-11-15-10-14-5-3-4-6-17(14)15/h3-9,15H,10-11H2,1-2H3,(H3,19,20,21). The van der Waals surface area contributed by atoms with E-state index < -0.39 is 0 Å². The van der Waals surface area contributed by atoms with E-state index in [0.29, 0.717) is 11.9 Å². The molecule has 2 aromatic rings. The topological polar surface area (TPSA) is 50.4 Å². The Hall–Kier alpha value is -2.29. The van der Waals surface area contributed by atoms with Gasteiger partial charge in [0.05, 0.1) is 0 Å². The molecule has 0 spiro atoms. The summed E-state index contributed by atoms with van der Waals surface area (Å²) >= 11 is 0. The van der Waals surface area contributed by atoms with Gasteiger partial charge in [-0.2, -0.15) is 0 Å². The van der Waals surface area contributed by atoms with Crippen molar-refractivity contribution >= 4 is 11.6 Å². The van der Waals surface area contributed by atoms with Crippen molar-refractivity contribution in [2.24, 2.45) is 10.7 Å². The predicted octanol–water partition coefficient (Wildman–Crippen LogP) is 3.37. The third-order valence-electron chi connectivity index (χ3n) is 3.94. The lowest BCUT2D eigenvalue weighted by molar-refractivity contribution is 0.619. The molecule has 0 heterocycles. The van der Waals surface area contributed by atoms with Crippen LogP contribution in [0.15, 0.2) is 47.5 Å². The van der Waals surface area contributed by atoms with Crippen LogP contribution >= 0.6 is 0 Å². The van der Waals surface area contributed by atoms with Gasteiger partial charge in [-0.1, -0.05) is 30.3 Å². The monoisotopic (exact) mass is 279 g/mol. The number of nitrogens with one attached hydrogen (secondary N) is 1. The summed E-state index contributed by atoms with van der Waals surface area (Å²) < 4.78 is 0. The van der Waals surface area contributed by atoms with Gasteiger partial charge in [0.2, 0.25) is 0 Å². The second-order valence-corrected chi connectivity index (χ2v) is 5.83. The SMILES string of the molecule is Cc1cc(C)cc(NC(N)=NCC2Cc3ccccc32)c1. The Labute approximate surface area is 125 Å². The Bertz CT molecular complexity index is 668.